The van der Waals surface area contributed by atoms with Crippen LogP contribution in [-0.4, -0.2) is 29.1 Å². The SMILES string of the molecule is CCOC1CC(N)(C(=O)Nc2ncc(Cc3ccc(C)c(F)c3)s2)C1(C)C. The Morgan fingerprint density at radius 3 is 2.85 bits per heavy atom. The van der Waals surface area contributed by atoms with Crippen molar-refractivity contribution in [3.63, 3.8) is 0 Å². The number of aryl methyl sites for hydroxylation is 1. The van der Waals surface area contributed by atoms with Crippen LogP contribution < -0.4 is 11.1 Å². The molecule has 5 nitrogen and oxygen atoms in total. The van der Waals surface area contributed by atoms with Crippen LogP contribution in [0.1, 0.15) is 43.2 Å². The fourth-order valence-corrected chi connectivity index (χ4v) is 4.27. The number of benzene rings is 1. The van der Waals surface area contributed by atoms with E-state index in [4.69, 9.17) is 10.5 Å². The van der Waals surface area contributed by atoms with E-state index in [0.29, 0.717) is 30.1 Å². The second-order valence-electron chi connectivity index (χ2n) is 7.69. The van der Waals surface area contributed by atoms with Gasteiger partial charge in [-0.15, -0.1) is 11.3 Å². The zero-order valence-electron chi connectivity index (χ0n) is 16.1. The summed E-state index contributed by atoms with van der Waals surface area (Å²) in [7, 11) is 0. The van der Waals surface area contributed by atoms with Crippen molar-refractivity contribution < 1.29 is 13.9 Å². The molecule has 0 radical (unpaired) electrons. The minimum Gasteiger partial charge on any atom is -0.378 e. The van der Waals surface area contributed by atoms with Crippen molar-refractivity contribution in [2.24, 2.45) is 11.1 Å². The Morgan fingerprint density at radius 1 is 1.48 bits per heavy atom. The average Bonchev–Trinajstić information content (AvgIpc) is 3.04. The molecule has 1 aromatic heterocycles. The summed E-state index contributed by atoms with van der Waals surface area (Å²) in [5.74, 6) is -0.461. The number of amides is 1. The highest BCUT2D eigenvalue weighted by Crippen LogP contribution is 2.50. The van der Waals surface area contributed by atoms with Gasteiger partial charge >= 0.3 is 0 Å². The second-order valence-corrected chi connectivity index (χ2v) is 8.80. The summed E-state index contributed by atoms with van der Waals surface area (Å²) in [5.41, 5.74) is 6.45. The first-order valence-electron chi connectivity index (χ1n) is 9.09. The predicted molar refractivity (Wildman–Crippen MR) is 105 cm³/mol. The molecular formula is C20H26FN3O2S. The summed E-state index contributed by atoms with van der Waals surface area (Å²) < 4.78 is 19.4. The lowest BCUT2D eigenvalue weighted by molar-refractivity contribution is -0.166. The van der Waals surface area contributed by atoms with Crippen LogP contribution in [0.4, 0.5) is 9.52 Å². The normalized spacial score (nSPS) is 23.7. The Hall–Kier alpha value is -1.83. The highest BCUT2D eigenvalue weighted by atomic mass is 32.1. The minimum atomic E-state index is -0.987. The first-order chi connectivity index (χ1) is 12.7. The standard InChI is InChI=1S/C20H26FN3O2S/c1-5-26-16-10-20(22,19(16,3)4)17(25)24-18-23-11-14(27-18)8-13-7-6-12(2)15(21)9-13/h6-7,9,11,16H,5,8,10,22H2,1-4H3,(H,23,24,25). The molecule has 3 rings (SSSR count). The maximum Gasteiger partial charge on any atom is 0.246 e. The van der Waals surface area contributed by atoms with Crippen LogP contribution >= 0.6 is 11.3 Å². The average molecular weight is 392 g/mol. The van der Waals surface area contributed by atoms with Crippen LogP contribution in [0.3, 0.4) is 0 Å². The van der Waals surface area contributed by atoms with Crippen molar-refractivity contribution in [1.29, 1.82) is 0 Å². The minimum absolute atomic E-state index is 0.0264. The van der Waals surface area contributed by atoms with Gasteiger partial charge in [0.25, 0.3) is 0 Å². The Balaban J connectivity index is 1.65. The third-order valence-corrected chi connectivity index (χ3v) is 6.54. The van der Waals surface area contributed by atoms with Crippen molar-refractivity contribution in [3.8, 4) is 0 Å². The zero-order chi connectivity index (χ0) is 19.8. The number of ether oxygens (including phenoxy) is 1. The van der Waals surface area contributed by atoms with Crippen LogP contribution in [0.5, 0.6) is 0 Å². The molecule has 7 heteroatoms. The van der Waals surface area contributed by atoms with Crippen molar-refractivity contribution in [2.75, 3.05) is 11.9 Å². The summed E-state index contributed by atoms with van der Waals surface area (Å²) >= 11 is 1.38. The van der Waals surface area contributed by atoms with E-state index >= 15 is 0 Å². The fourth-order valence-electron chi connectivity index (χ4n) is 3.42. The maximum atomic E-state index is 13.7. The van der Waals surface area contributed by atoms with Gasteiger partial charge in [-0.2, -0.15) is 0 Å². The molecule has 3 N–H and O–H groups in total. The second kappa shape index (κ2) is 7.30. The molecule has 1 aromatic carbocycles. The van der Waals surface area contributed by atoms with Gasteiger partial charge in [0.2, 0.25) is 5.91 Å². The Labute approximate surface area is 163 Å². The molecule has 0 spiro atoms. The summed E-state index contributed by atoms with van der Waals surface area (Å²) in [6.45, 7) is 8.18. The molecule has 2 aromatic rings. The van der Waals surface area contributed by atoms with E-state index in [9.17, 15) is 9.18 Å². The predicted octanol–water partition coefficient (Wildman–Crippen LogP) is 3.65. The third-order valence-electron chi connectivity index (χ3n) is 5.62. The van der Waals surface area contributed by atoms with Gasteiger partial charge in [0.1, 0.15) is 11.4 Å². The van der Waals surface area contributed by atoms with Crippen molar-refractivity contribution in [1.82, 2.24) is 4.98 Å². The largest absolute Gasteiger partial charge is 0.378 e. The number of thiazole rings is 1. The van der Waals surface area contributed by atoms with Gasteiger partial charge in [0.15, 0.2) is 5.13 Å². The van der Waals surface area contributed by atoms with E-state index in [1.54, 1.807) is 19.2 Å². The summed E-state index contributed by atoms with van der Waals surface area (Å²) in [5, 5.41) is 3.35. The van der Waals surface area contributed by atoms with Crippen molar-refractivity contribution >= 4 is 22.4 Å². The van der Waals surface area contributed by atoms with Gasteiger partial charge in [-0.1, -0.05) is 26.0 Å². The van der Waals surface area contributed by atoms with Crippen molar-refractivity contribution in [3.05, 3.63) is 46.2 Å². The molecule has 2 atom stereocenters. The topological polar surface area (TPSA) is 77.2 Å². The number of rotatable bonds is 6. The molecule has 0 saturated heterocycles. The smallest absolute Gasteiger partial charge is 0.246 e. The summed E-state index contributed by atoms with van der Waals surface area (Å²) in [6.07, 6.45) is 2.73. The highest BCUT2D eigenvalue weighted by Gasteiger charge is 2.63. The molecule has 1 heterocycles. The van der Waals surface area contributed by atoms with Crippen molar-refractivity contribution in [2.45, 2.75) is 52.2 Å². The monoisotopic (exact) mass is 391 g/mol. The number of anilines is 1. The van der Waals surface area contributed by atoms with E-state index in [-0.39, 0.29) is 17.8 Å². The highest BCUT2D eigenvalue weighted by molar-refractivity contribution is 7.15. The molecule has 1 saturated carbocycles. The number of halogens is 1. The molecule has 2 unspecified atom stereocenters. The van der Waals surface area contributed by atoms with Gasteiger partial charge in [-0.05, 0) is 31.0 Å². The molecule has 1 aliphatic carbocycles. The Morgan fingerprint density at radius 2 is 2.22 bits per heavy atom. The number of nitrogens with one attached hydrogen (secondary N) is 1. The third kappa shape index (κ3) is 3.63. The lowest BCUT2D eigenvalue weighted by atomic mass is 9.54. The quantitative estimate of drug-likeness (QED) is 0.788. The number of hydrogen-bond donors (Lipinski definition) is 2. The van der Waals surface area contributed by atoms with Crippen LogP contribution in [0.15, 0.2) is 24.4 Å². The van der Waals surface area contributed by atoms with Gasteiger partial charge in [0, 0.05) is 35.9 Å². The van der Waals surface area contributed by atoms with Gasteiger partial charge < -0.3 is 15.8 Å². The van der Waals surface area contributed by atoms with Gasteiger partial charge in [-0.3, -0.25) is 4.79 Å². The first-order valence-corrected chi connectivity index (χ1v) is 9.90. The van der Waals surface area contributed by atoms with Gasteiger partial charge in [-0.25, -0.2) is 9.37 Å². The van der Waals surface area contributed by atoms with E-state index in [1.807, 2.05) is 26.8 Å². The lowest BCUT2D eigenvalue weighted by Crippen LogP contribution is -2.74. The van der Waals surface area contributed by atoms with E-state index in [2.05, 4.69) is 10.3 Å². The molecule has 1 fully saturated rings. The molecule has 1 amide bonds. The van der Waals surface area contributed by atoms with E-state index < -0.39 is 11.0 Å². The molecule has 1 aliphatic rings. The number of nitrogens with two attached hydrogens (primary N) is 1. The summed E-state index contributed by atoms with van der Waals surface area (Å²) in [4.78, 5) is 18.0. The summed E-state index contributed by atoms with van der Waals surface area (Å²) in [6, 6.07) is 5.20. The van der Waals surface area contributed by atoms with Crippen LogP contribution in [0.25, 0.3) is 0 Å². The number of carbonyl (C=O) groups is 1. The number of carbonyl (C=O) groups excluding carboxylic acids is 1. The maximum absolute atomic E-state index is 13.7. The number of nitrogens with zero attached hydrogens (tertiary/aromatic N) is 1. The van der Waals surface area contributed by atoms with E-state index in [1.165, 1.54) is 17.4 Å². The van der Waals surface area contributed by atoms with Crippen LogP contribution in [0, 0.1) is 18.2 Å². The lowest BCUT2D eigenvalue weighted by Gasteiger charge is -2.57. The number of aromatic nitrogens is 1. The molecule has 0 bridgehead atoms. The van der Waals surface area contributed by atoms with Gasteiger partial charge in [0.05, 0.1) is 6.10 Å². The Kier molecular flexibility index (Phi) is 5.38. The first kappa shape index (κ1) is 19.9. The van der Waals surface area contributed by atoms with Crippen LogP contribution in [0.2, 0.25) is 0 Å². The van der Waals surface area contributed by atoms with E-state index in [0.717, 1.165) is 10.4 Å². The molecule has 27 heavy (non-hydrogen) atoms. The van der Waals surface area contributed by atoms with Crippen LogP contribution in [-0.2, 0) is 16.0 Å². The molecule has 146 valence electrons. The molecular weight excluding hydrogens is 365 g/mol. The number of hydrogen-bond acceptors (Lipinski definition) is 5. The zero-order valence-corrected chi connectivity index (χ0v) is 17.0. The molecule has 0 aliphatic heterocycles. The fraction of sp³-hybridized carbons (Fsp3) is 0.500. The Bertz CT molecular complexity index is 852.